The molecule has 0 saturated heterocycles. The molecule has 6 nitrogen and oxygen atoms in total. The van der Waals surface area contributed by atoms with Crippen LogP contribution in [0.3, 0.4) is 0 Å². The number of hydrogen-bond acceptors (Lipinski definition) is 4. The van der Waals surface area contributed by atoms with Crippen molar-refractivity contribution in [2.45, 2.75) is 10.7 Å². The molecular formula is C15H11ClF2N2O4S. The van der Waals surface area contributed by atoms with Gasteiger partial charge in [0.2, 0.25) is 9.84 Å². The fraction of sp³-hybridized carbons (Fsp3) is 0.0667. The molecule has 2 N–H and O–H groups in total. The molecule has 0 aliphatic rings. The van der Waals surface area contributed by atoms with E-state index in [0.717, 1.165) is 24.3 Å². The topological polar surface area (TPSA) is 92.3 Å². The first-order valence-electron chi connectivity index (χ1n) is 6.71. The van der Waals surface area contributed by atoms with Gasteiger partial charge >= 0.3 is 5.76 Å². The molecule has 2 amide bonds. The van der Waals surface area contributed by atoms with Crippen molar-refractivity contribution in [1.82, 2.24) is 10.9 Å². The average molecular weight is 389 g/mol. The Bertz CT molecular complexity index is 902. The molecule has 10 heteroatoms. The Kier molecular flexibility index (Phi) is 5.70. The molecule has 0 heterocycles. The second-order valence-electron chi connectivity index (χ2n) is 4.72. The van der Waals surface area contributed by atoms with Gasteiger partial charge in [-0.25, -0.2) is 8.42 Å². The zero-order valence-electron chi connectivity index (χ0n) is 12.4. The maximum absolute atomic E-state index is 12.4. The largest absolute Gasteiger partial charge is 0.341 e. The molecule has 0 radical (unpaired) electrons. The number of rotatable bonds is 4. The number of carbonyl (C=O) groups is 2. The fourth-order valence-corrected chi connectivity index (χ4v) is 2.74. The lowest BCUT2D eigenvalue weighted by Crippen LogP contribution is -2.41. The summed E-state index contributed by atoms with van der Waals surface area (Å²) in [6.45, 7) is 0. The summed E-state index contributed by atoms with van der Waals surface area (Å²) in [5, 5.41) is 0.191. The number of sulfone groups is 1. The summed E-state index contributed by atoms with van der Waals surface area (Å²) in [5.41, 5.74) is 4.36. The number of nitrogens with one attached hydrogen (secondary N) is 2. The third-order valence-corrected chi connectivity index (χ3v) is 4.82. The first kappa shape index (κ1) is 18.8. The van der Waals surface area contributed by atoms with Gasteiger partial charge in [0.25, 0.3) is 11.8 Å². The van der Waals surface area contributed by atoms with Crippen molar-refractivity contribution in [2.75, 3.05) is 0 Å². The Labute approximate surface area is 146 Å². The van der Waals surface area contributed by atoms with E-state index in [1.165, 1.54) is 12.1 Å². The summed E-state index contributed by atoms with van der Waals surface area (Å²) in [7, 11) is -4.74. The van der Waals surface area contributed by atoms with Gasteiger partial charge in [0.05, 0.1) is 15.5 Å². The molecule has 25 heavy (non-hydrogen) atoms. The molecule has 0 aliphatic heterocycles. The Morgan fingerprint density at radius 2 is 1.48 bits per heavy atom. The number of carbonyl (C=O) groups excluding carboxylic acids is 2. The van der Waals surface area contributed by atoms with Crippen molar-refractivity contribution in [3.05, 3.63) is 64.7 Å². The van der Waals surface area contributed by atoms with Crippen LogP contribution in [0.25, 0.3) is 0 Å². The van der Waals surface area contributed by atoms with Gasteiger partial charge < -0.3 is 0 Å². The van der Waals surface area contributed by atoms with E-state index in [0.29, 0.717) is 0 Å². The third kappa shape index (κ3) is 4.31. The Balaban J connectivity index is 2.05. The van der Waals surface area contributed by atoms with Crippen LogP contribution in [0.2, 0.25) is 5.02 Å². The summed E-state index contributed by atoms with van der Waals surface area (Å²) in [6.07, 6.45) is 0. The van der Waals surface area contributed by atoms with Crippen molar-refractivity contribution in [3.8, 4) is 0 Å². The molecule has 0 fully saturated rings. The highest BCUT2D eigenvalue weighted by Gasteiger charge is 2.26. The minimum Gasteiger partial charge on any atom is -0.267 e. The van der Waals surface area contributed by atoms with Crippen LogP contribution in [0.5, 0.6) is 0 Å². The molecule has 0 aliphatic carbocycles. The van der Waals surface area contributed by atoms with Crippen LogP contribution >= 0.6 is 11.6 Å². The van der Waals surface area contributed by atoms with Gasteiger partial charge in [0.15, 0.2) is 0 Å². The lowest BCUT2D eigenvalue weighted by molar-refractivity contribution is 0.0846. The van der Waals surface area contributed by atoms with Crippen molar-refractivity contribution in [2.24, 2.45) is 0 Å². The van der Waals surface area contributed by atoms with E-state index in [4.69, 9.17) is 11.6 Å². The molecule has 0 bridgehead atoms. The predicted octanol–water partition coefficient (Wildman–Crippen LogP) is 2.41. The molecule has 2 rings (SSSR count). The van der Waals surface area contributed by atoms with Crippen LogP contribution in [0.1, 0.15) is 20.7 Å². The smallest absolute Gasteiger partial charge is 0.267 e. The van der Waals surface area contributed by atoms with E-state index in [9.17, 15) is 26.8 Å². The predicted molar refractivity (Wildman–Crippen MR) is 86.0 cm³/mol. The third-order valence-electron chi connectivity index (χ3n) is 3.09. The van der Waals surface area contributed by atoms with Crippen molar-refractivity contribution >= 4 is 33.3 Å². The second kappa shape index (κ2) is 7.58. The van der Waals surface area contributed by atoms with E-state index in [-0.39, 0.29) is 16.1 Å². The first-order chi connectivity index (χ1) is 11.7. The van der Waals surface area contributed by atoms with Gasteiger partial charge in [0, 0.05) is 5.56 Å². The number of alkyl halides is 2. The minimum atomic E-state index is -4.74. The average Bonchev–Trinajstić information content (AvgIpc) is 2.59. The highest BCUT2D eigenvalue weighted by molar-refractivity contribution is 7.91. The van der Waals surface area contributed by atoms with Crippen LogP contribution in [0.4, 0.5) is 8.78 Å². The molecule has 132 valence electrons. The van der Waals surface area contributed by atoms with E-state index in [1.54, 1.807) is 12.1 Å². The van der Waals surface area contributed by atoms with E-state index < -0.39 is 32.3 Å². The van der Waals surface area contributed by atoms with Gasteiger partial charge in [-0.15, -0.1) is 0 Å². The first-order valence-corrected chi connectivity index (χ1v) is 8.63. The minimum absolute atomic E-state index is 0.0346. The van der Waals surface area contributed by atoms with Crippen molar-refractivity contribution < 1.29 is 26.8 Å². The lowest BCUT2D eigenvalue weighted by Gasteiger charge is -2.09. The fourth-order valence-electron chi connectivity index (χ4n) is 1.80. The summed E-state index contributed by atoms with van der Waals surface area (Å²) in [4.78, 5) is 23.2. The van der Waals surface area contributed by atoms with Crippen LogP contribution in [-0.4, -0.2) is 26.0 Å². The number of hydrazine groups is 1. The molecule has 2 aromatic rings. The molecule has 0 spiro atoms. The number of amides is 2. The molecule has 0 saturated carbocycles. The Morgan fingerprint density at radius 3 is 2.04 bits per heavy atom. The van der Waals surface area contributed by atoms with Gasteiger partial charge in [-0.3, -0.25) is 20.4 Å². The summed E-state index contributed by atoms with van der Waals surface area (Å²) >= 11 is 5.85. The van der Waals surface area contributed by atoms with Crippen molar-refractivity contribution in [3.63, 3.8) is 0 Å². The Hall–Kier alpha value is -2.52. The maximum atomic E-state index is 12.4. The molecule has 0 atom stereocenters. The number of hydrogen-bond donors (Lipinski definition) is 2. The molecule has 0 aromatic heterocycles. The van der Waals surface area contributed by atoms with E-state index in [2.05, 4.69) is 10.9 Å². The SMILES string of the molecule is O=C(NNC(=O)c1ccccc1Cl)c1ccc(S(=O)(=O)C(F)F)cc1. The highest BCUT2D eigenvalue weighted by atomic mass is 35.5. The Morgan fingerprint density at radius 1 is 0.920 bits per heavy atom. The maximum Gasteiger partial charge on any atom is 0.341 e. The van der Waals surface area contributed by atoms with Crippen molar-refractivity contribution in [1.29, 1.82) is 0 Å². The van der Waals surface area contributed by atoms with E-state index in [1.807, 2.05) is 0 Å². The van der Waals surface area contributed by atoms with Crippen LogP contribution in [0, 0.1) is 0 Å². The van der Waals surface area contributed by atoms with Gasteiger partial charge in [-0.1, -0.05) is 23.7 Å². The van der Waals surface area contributed by atoms with Crippen LogP contribution < -0.4 is 10.9 Å². The van der Waals surface area contributed by atoms with E-state index >= 15 is 0 Å². The molecule has 2 aromatic carbocycles. The highest BCUT2D eigenvalue weighted by Crippen LogP contribution is 2.18. The quantitative estimate of drug-likeness (QED) is 0.787. The van der Waals surface area contributed by atoms with Gasteiger partial charge in [0.1, 0.15) is 0 Å². The summed E-state index contributed by atoms with van der Waals surface area (Å²) in [6, 6.07) is 10.0. The number of benzene rings is 2. The van der Waals surface area contributed by atoms with Gasteiger partial charge in [-0.05, 0) is 36.4 Å². The van der Waals surface area contributed by atoms with Gasteiger partial charge in [-0.2, -0.15) is 8.78 Å². The molecule has 0 unspecified atom stereocenters. The summed E-state index contributed by atoms with van der Waals surface area (Å²) in [5.74, 6) is -4.97. The summed E-state index contributed by atoms with van der Waals surface area (Å²) < 4.78 is 47.5. The normalized spacial score (nSPS) is 11.2. The second-order valence-corrected chi connectivity index (χ2v) is 7.04. The zero-order chi connectivity index (χ0) is 18.6. The van der Waals surface area contributed by atoms with Crippen LogP contribution in [-0.2, 0) is 9.84 Å². The standard InChI is InChI=1S/C15H11ClF2N2O4S/c16-12-4-2-1-3-11(12)14(22)20-19-13(21)9-5-7-10(8-6-9)25(23,24)15(17)18/h1-8,15H,(H,19,21)(H,20,22). The number of halogens is 3. The zero-order valence-corrected chi connectivity index (χ0v) is 13.9. The van der Waals surface area contributed by atoms with Crippen LogP contribution in [0.15, 0.2) is 53.4 Å². The monoisotopic (exact) mass is 388 g/mol. The molecular weight excluding hydrogens is 378 g/mol. The lowest BCUT2D eigenvalue weighted by atomic mass is 10.2.